The SMILES string of the molecule is CCNCCNC(=O)c1cccnc1Nc1ccccc1F. The number of likely N-dealkylation sites (N-methyl/N-ethyl adjacent to an activating group) is 1. The zero-order chi connectivity index (χ0) is 15.8. The Kier molecular flexibility index (Phi) is 5.85. The van der Waals surface area contributed by atoms with E-state index in [0.717, 1.165) is 6.54 Å². The molecule has 0 aliphatic heterocycles. The molecule has 0 aliphatic rings. The van der Waals surface area contributed by atoms with E-state index in [9.17, 15) is 9.18 Å². The quantitative estimate of drug-likeness (QED) is 0.687. The smallest absolute Gasteiger partial charge is 0.255 e. The number of benzene rings is 1. The average Bonchev–Trinajstić information content (AvgIpc) is 2.54. The van der Waals surface area contributed by atoms with Crippen LogP contribution in [0.4, 0.5) is 15.9 Å². The highest BCUT2D eigenvalue weighted by molar-refractivity contribution is 5.99. The van der Waals surface area contributed by atoms with E-state index in [1.807, 2.05) is 6.92 Å². The molecule has 3 N–H and O–H groups in total. The fourth-order valence-electron chi connectivity index (χ4n) is 1.91. The number of anilines is 2. The first kappa shape index (κ1) is 15.9. The highest BCUT2D eigenvalue weighted by Crippen LogP contribution is 2.20. The van der Waals surface area contributed by atoms with Crippen LogP contribution in [0.1, 0.15) is 17.3 Å². The topological polar surface area (TPSA) is 66.0 Å². The molecule has 0 bridgehead atoms. The van der Waals surface area contributed by atoms with Crippen LogP contribution in [0.15, 0.2) is 42.6 Å². The lowest BCUT2D eigenvalue weighted by Gasteiger charge is -2.11. The van der Waals surface area contributed by atoms with Crippen molar-refractivity contribution in [2.45, 2.75) is 6.92 Å². The summed E-state index contributed by atoms with van der Waals surface area (Å²) in [4.78, 5) is 16.3. The predicted octanol–water partition coefficient (Wildman–Crippen LogP) is 2.30. The summed E-state index contributed by atoms with van der Waals surface area (Å²) in [5.41, 5.74) is 0.658. The van der Waals surface area contributed by atoms with Gasteiger partial charge in [0, 0.05) is 19.3 Å². The predicted molar refractivity (Wildman–Crippen MR) is 84.8 cm³/mol. The van der Waals surface area contributed by atoms with Crippen LogP contribution in [-0.4, -0.2) is 30.5 Å². The molecule has 1 aromatic carbocycles. The molecule has 2 aromatic rings. The first-order valence-electron chi connectivity index (χ1n) is 7.18. The molecule has 1 amide bonds. The van der Waals surface area contributed by atoms with E-state index in [1.54, 1.807) is 36.5 Å². The van der Waals surface area contributed by atoms with E-state index in [-0.39, 0.29) is 11.6 Å². The van der Waals surface area contributed by atoms with Crippen molar-refractivity contribution in [3.63, 3.8) is 0 Å². The number of aromatic nitrogens is 1. The summed E-state index contributed by atoms with van der Waals surface area (Å²) in [5, 5.41) is 8.78. The van der Waals surface area contributed by atoms with E-state index in [0.29, 0.717) is 24.5 Å². The van der Waals surface area contributed by atoms with Crippen LogP contribution in [0.5, 0.6) is 0 Å². The van der Waals surface area contributed by atoms with Crippen molar-refractivity contribution in [1.29, 1.82) is 0 Å². The van der Waals surface area contributed by atoms with Crippen molar-refractivity contribution in [1.82, 2.24) is 15.6 Å². The summed E-state index contributed by atoms with van der Waals surface area (Å²) < 4.78 is 13.7. The number of carbonyl (C=O) groups is 1. The molecule has 0 fully saturated rings. The van der Waals surface area contributed by atoms with Crippen LogP contribution in [0, 0.1) is 5.82 Å². The molecule has 6 heteroatoms. The summed E-state index contributed by atoms with van der Waals surface area (Å²) in [6.07, 6.45) is 1.55. The van der Waals surface area contributed by atoms with Crippen molar-refractivity contribution in [2.75, 3.05) is 25.0 Å². The Labute approximate surface area is 129 Å². The van der Waals surface area contributed by atoms with Gasteiger partial charge in [0.05, 0.1) is 11.3 Å². The Hall–Kier alpha value is -2.47. The number of halogens is 1. The van der Waals surface area contributed by atoms with Crippen LogP contribution in [0.3, 0.4) is 0 Å². The van der Waals surface area contributed by atoms with Gasteiger partial charge in [0.15, 0.2) is 0 Å². The standard InChI is InChI=1S/C16H19FN4O/c1-2-18-10-11-20-16(22)12-6-5-9-19-15(12)21-14-8-4-3-7-13(14)17/h3-9,18H,2,10-11H2,1H3,(H,19,21)(H,20,22). The minimum absolute atomic E-state index is 0.246. The first-order valence-corrected chi connectivity index (χ1v) is 7.18. The third-order valence-electron chi connectivity index (χ3n) is 3.02. The van der Waals surface area contributed by atoms with Gasteiger partial charge in [0.1, 0.15) is 11.6 Å². The number of nitrogens with zero attached hydrogens (tertiary/aromatic N) is 1. The summed E-state index contributed by atoms with van der Waals surface area (Å²) in [5.74, 6) is -0.315. The Morgan fingerprint density at radius 1 is 1.18 bits per heavy atom. The molecule has 22 heavy (non-hydrogen) atoms. The van der Waals surface area contributed by atoms with Crippen LogP contribution in [0.2, 0.25) is 0 Å². The average molecular weight is 302 g/mol. The number of rotatable bonds is 7. The third-order valence-corrected chi connectivity index (χ3v) is 3.02. The Morgan fingerprint density at radius 2 is 2.00 bits per heavy atom. The second-order valence-electron chi connectivity index (χ2n) is 4.61. The molecule has 0 atom stereocenters. The van der Waals surface area contributed by atoms with E-state index < -0.39 is 5.82 Å². The molecule has 2 rings (SSSR count). The minimum Gasteiger partial charge on any atom is -0.351 e. The molecule has 0 saturated carbocycles. The maximum Gasteiger partial charge on any atom is 0.255 e. The lowest BCUT2D eigenvalue weighted by atomic mass is 10.2. The fourth-order valence-corrected chi connectivity index (χ4v) is 1.91. The Balaban J connectivity index is 2.10. The second kappa shape index (κ2) is 8.09. The van der Waals surface area contributed by atoms with Gasteiger partial charge < -0.3 is 16.0 Å². The third kappa shape index (κ3) is 4.26. The van der Waals surface area contributed by atoms with Crippen LogP contribution < -0.4 is 16.0 Å². The van der Waals surface area contributed by atoms with E-state index in [2.05, 4.69) is 20.9 Å². The maximum atomic E-state index is 13.7. The molecule has 5 nitrogen and oxygen atoms in total. The zero-order valence-corrected chi connectivity index (χ0v) is 12.4. The van der Waals surface area contributed by atoms with E-state index in [4.69, 9.17) is 0 Å². The second-order valence-corrected chi connectivity index (χ2v) is 4.61. The molecular formula is C16H19FN4O. The number of hydrogen-bond donors (Lipinski definition) is 3. The van der Waals surface area contributed by atoms with Crippen LogP contribution in [-0.2, 0) is 0 Å². The minimum atomic E-state index is -0.397. The summed E-state index contributed by atoms with van der Waals surface area (Å²) >= 11 is 0. The van der Waals surface area contributed by atoms with Gasteiger partial charge in [-0.05, 0) is 30.8 Å². The largest absolute Gasteiger partial charge is 0.351 e. The number of amides is 1. The molecule has 1 heterocycles. The highest BCUT2D eigenvalue weighted by atomic mass is 19.1. The van der Waals surface area contributed by atoms with Gasteiger partial charge in [-0.3, -0.25) is 4.79 Å². The van der Waals surface area contributed by atoms with E-state index in [1.165, 1.54) is 6.07 Å². The van der Waals surface area contributed by atoms with Gasteiger partial charge in [-0.1, -0.05) is 19.1 Å². The summed E-state index contributed by atoms with van der Waals surface area (Å²) in [7, 11) is 0. The van der Waals surface area contributed by atoms with Gasteiger partial charge in [0.2, 0.25) is 0 Å². The number of hydrogen-bond acceptors (Lipinski definition) is 4. The monoisotopic (exact) mass is 302 g/mol. The van der Waals surface area contributed by atoms with Crippen molar-refractivity contribution >= 4 is 17.4 Å². The van der Waals surface area contributed by atoms with Gasteiger partial charge in [-0.25, -0.2) is 9.37 Å². The molecule has 0 aliphatic carbocycles. The number of carbonyl (C=O) groups excluding carboxylic acids is 1. The zero-order valence-electron chi connectivity index (χ0n) is 12.4. The van der Waals surface area contributed by atoms with Gasteiger partial charge in [0.25, 0.3) is 5.91 Å². The maximum absolute atomic E-state index is 13.7. The Morgan fingerprint density at radius 3 is 2.77 bits per heavy atom. The van der Waals surface area contributed by atoms with Crippen LogP contribution >= 0.6 is 0 Å². The Bertz CT molecular complexity index is 633. The first-order chi connectivity index (χ1) is 10.7. The lowest BCUT2D eigenvalue weighted by molar-refractivity contribution is 0.0954. The molecule has 0 unspecified atom stereocenters. The summed E-state index contributed by atoms with van der Waals surface area (Å²) in [6, 6.07) is 9.58. The fraction of sp³-hybridized carbons (Fsp3) is 0.250. The highest BCUT2D eigenvalue weighted by Gasteiger charge is 2.13. The van der Waals surface area contributed by atoms with Crippen LogP contribution in [0.25, 0.3) is 0 Å². The van der Waals surface area contributed by atoms with Gasteiger partial charge in [-0.2, -0.15) is 0 Å². The van der Waals surface area contributed by atoms with Crippen molar-refractivity contribution in [3.05, 3.63) is 54.0 Å². The molecule has 1 aromatic heterocycles. The molecule has 116 valence electrons. The number of pyridine rings is 1. The molecular weight excluding hydrogens is 283 g/mol. The van der Waals surface area contributed by atoms with Crippen molar-refractivity contribution in [2.24, 2.45) is 0 Å². The van der Waals surface area contributed by atoms with Crippen molar-refractivity contribution < 1.29 is 9.18 Å². The molecule has 0 saturated heterocycles. The molecule has 0 spiro atoms. The lowest BCUT2D eigenvalue weighted by Crippen LogP contribution is -2.32. The number of para-hydroxylation sites is 1. The normalized spacial score (nSPS) is 10.3. The van der Waals surface area contributed by atoms with Gasteiger partial charge in [-0.15, -0.1) is 0 Å². The van der Waals surface area contributed by atoms with E-state index >= 15 is 0 Å². The summed E-state index contributed by atoms with van der Waals surface area (Å²) in [6.45, 7) is 4.06. The molecule has 0 radical (unpaired) electrons. The van der Waals surface area contributed by atoms with Crippen molar-refractivity contribution in [3.8, 4) is 0 Å². The van der Waals surface area contributed by atoms with Gasteiger partial charge >= 0.3 is 0 Å². The number of nitrogens with one attached hydrogen (secondary N) is 3.